The Morgan fingerprint density at radius 3 is 2.48 bits per heavy atom. The van der Waals surface area contributed by atoms with Crippen molar-refractivity contribution in [2.45, 2.75) is 24.3 Å². The Balaban J connectivity index is 1.39. The number of piperidine rings is 1. The van der Waals surface area contributed by atoms with Gasteiger partial charge in [0.1, 0.15) is 0 Å². The topological polar surface area (TPSA) is 66.5 Å². The van der Waals surface area contributed by atoms with Crippen LogP contribution in [0.25, 0.3) is 0 Å². The third-order valence-corrected chi connectivity index (χ3v) is 8.67. The van der Waals surface area contributed by atoms with Crippen molar-refractivity contribution in [2.24, 2.45) is 5.92 Å². The molecule has 2 aromatic rings. The second kappa shape index (κ2) is 11.6. The Bertz CT molecular complexity index is 980. The zero-order valence-corrected chi connectivity index (χ0v) is 20.2. The summed E-state index contributed by atoms with van der Waals surface area (Å²) in [5, 5.41) is 3.80. The van der Waals surface area contributed by atoms with Crippen LogP contribution in [0, 0.1) is 5.92 Å². The first kappa shape index (κ1) is 24.4. The van der Waals surface area contributed by atoms with Crippen LogP contribution in [0.1, 0.15) is 24.0 Å². The number of carbonyl (C=O) groups excluding carboxylic acids is 1. The maximum atomic E-state index is 12.8. The maximum Gasteiger partial charge on any atom is 0.223 e. The molecule has 1 aliphatic rings. The van der Waals surface area contributed by atoms with E-state index in [1.165, 1.54) is 9.87 Å². The number of hydrogen-bond acceptors (Lipinski definition) is 4. The first-order chi connectivity index (χ1) is 14.8. The van der Waals surface area contributed by atoms with Crippen LogP contribution in [-0.4, -0.2) is 44.0 Å². The molecule has 1 amide bonds. The van der Waals surface area contributed by atoms with E-state index in [9.17, 15) is 13.2 Å². The second-order valence-electron chi connectivity index (χ2n) is 7.49. The third-order valence-electron chi connectivity index (χ3n) is 5.23. The summed E-state index contributed by atoms with van der Waals surface area (Å²) >= 11 is 13.8. The minimum Gasteiger partial charge on any atom is -0.355 e. The summed E-state index contributed by atoms with van der Waals surface area (Å²) in [6, 6.07) is 15.0. The number of nitrogens with one attached hydrogen (secondary N) is 1. The maximum absolute atomic E-state index is 12.8. The number of halogens is 2. The van der Waals surface area contributed by atoms with Gasteiger partial charge in [0.2, 0.25) is 15.9 Å². The van der Waals surface area contributed by atoms with Gasteiger partial charge in [-0.15, -0.1) is 0 Å². The molecule has 0 saturated carbocycles. The zero-order chi connectivity index (χ0) is 22.3. The van der Waals surface area contributed by atoms with Crippen LogP contribution in [0.2, 0.25) is 10.0 Å². The minimum absolute atomic E-state index is 0.0121. The molecule has 2 aromatic carbocycles. The molecular weight excluding hydrogens is 475 g/mol. The molecule has 5 nitrogen and oxygen atoms in total. The van der Waals surface area contributed by atoms with E-state index >= 15 is 0 Å². The predicted molar refractivity (Wildman–Crippen MR) is 129 cm³/mol. The molecule has 0 spiro atoms. The van der Waals surface area contributed by atoms with Gasteiger partial charge in [-0.3, -0.25) is 4.79 Å². The van der Waals surface area contributed by atoms with Crippen molar-refractivity contribution in [1.29, 1.82) is 0 Å². The Morgan fingerprint density at radius 2 is 1.81 bits per heavy atom. The molecule has 1 N–H and O–H groups in total. The summed E-state index contributed by atoms with van der Waals surface area (Å²) in [6.45, 7) is 1.30. The molecule has 31 heavy (non-hydrogen) atoms. The van der Waals surface area contributed by atoms with E-state index in [1.54, 1.807) is 30.0 Å². The molecule has 168 valence electrons. The first-order valence-electron chi connectivity index (χ1n) is 10.2. The van der Waals surface area contributed by atoms with Gasteiger partial charge in [-0.25, -0.2) is 12.7 Å². The number of hydrogen-bond donors (Lipinski definition) is 1. The Hall–Kier alpha value is -1.25. The summed E-state index contributed by atoms with van der Waals surface area (Å²) in [5.41, 5.74) is 1.80. The van der Waals surface area contributed by atoms with Gasteiger partial charge in [-0.1, -0.05) is 59.6 Å². The van der Waals surface area contributed by atoms with Gasteiger partial charge >= 0.3 is 0 Å². The molecule has 0 aromatic heterocycles. The highest BCUT2D eigenvalue weighted by Crippen LogP contribution is 2.26. The highest BCUT2D eigenvalue weighted by atomic mass is 35.5. The van der Waals surface area contributed by atoms with Crippen LogP contribution in [0.5, 0.6) is 0 Å². The van der Waals surface area contributed by atoms with E-state index in [0.29, 0.717) is 48.1 Å². The average Bonchev–Trinajstić information content (AvgIpc) is 2.76. The molecule has 0 atom stereocenters. The van der Waals surface area contributed by atoms with Crippen molar-refractivity contribution in [3.63, 3.8) is 0 Å². The largest absolute Gasteiger partial charge is 0.355 e. The molecule has 0 unspecified atom stereocenters. The molecule has 3 rings (SSSR count). The smallest absolute Gasteiger partial charge is 0.223 e. The van der Waals surface area contributed by atoms with Crippen LogP contribution >= 0.6 is 35.0 Å². The van der Waals surface area contributed by atoms with Gasteiger partial charge in [0.25, 0.3) is 0 Å². The van der Waals surface area contributed by atoms with E-state index in [4.69, 9.17) is 23.2 Å². The van der Waals surface area contributed by atoms with E-state index in [0.717, 1.165) is 11.5 Å². The molecule has 1 heterocycles. The summed E-state index contributed by atoms with van der Waals surface area (Å²) < 4.78 is 27.0. The monoisotopic (exact) mass is 500 g/mol. The highest BCUT2D eigenvalue weighted by molar-refractivity contribution is 7.98. The lowest BCUT2D eigenvalue weighted by Gasteiger charge is -2.30. The number of rotatable bonds is 9. The first-order valence-corrected chi connectivity index (χ1v) is 13.7. The Morgan fingerprint density at radius 1 is 1.10 bits per heavy atom. The lowest BCUT2D eigenvalue weighted by molar-refractivity contribution is -0.125. The molecule has 1 aliphatic heterocycles. The third kappa shape index (κ3) is 7.39. The molecule has 0 radical (unpaired) electrons. The van der Waals surface area contributed by atoms with Crippen molar-refractivity contribution in [3.8, 4) is 0 Å². The molecule has 9 heteroatoms. The number of nitrogens with zero attached hydrogens (tertiary/aromatic N) is 1. The lowest BCUT2D eigenvalue weighted by atomic mass is 9.97. The normalized spacial score (nSPS) is 15.7. The zero-order valence-electron chi connectivity index (χ0n) is 17.1. The van der Waals surface area contributed by atoms with Crippen molar-refractivity contribution in [1.82, 2.24) is 9.62 Å². The number of thioether (sulfide) groups is 1. The fourth-order valence-corrected chi connectivity index (χ4v) is 6.45. The molecule has 0 bridgehead atoms. The van der Waals surface area contributed by atoms with Crippen LogP contribution in [0.4, 0.5) is 0 Å². The van der Waals surface area contributed by atoms with Gasteiger partial charge in [-0.05, 0) is 36.1 Å². The van der Waals surface area contributed by atoms with Crippen molar-refractivity contribution in [2.75, 3.05) is 25.4 Å². The standard InChI is InChI=1S/C22H26Cl2N2O3S2/c23-20-7-6-19(21(24)14-20)16-31(28,29)26-11-8-18(9-12-26)22(27)25-10-13-30-15-17-4-2-1-3-5-17/h1-7,14,18H,8-13,15-16H2,(H,25,27). The fourth-order valence-electron chi connectivity index (χ4n) is 3.48. The van der Waals surface area contributed by atoms with Crippen molar-refractivity contribution >= 4 is 50.9 Å². The number of amides is 1. The highest BCUT2D eigenvalue weighted by Gasteiger charge is 2.31. The van der Waals surface area contributed by atoms with E-state index in [2.05, 4.69) is 17.4 Å². The van der Waals surface area contributed by atoms with Gasteiger partial charge in [-0.2, -0.15) is 11.8 Å². The fraction of sp³-hybridized carbons (Fsp3) is 0.409. The van der Waals surface area contributed by atoms with Gasteiger partial charge in [0, 0.05) is 47.1 Å². The van der Waals surface area contributed by atoms with E-state index in [-0.39, 0.29) is 17.6 Å². The summed E-state index contributed by atoms with van der Waals surface area (Å²) in [5.74, 6) is 1.46. The van der Waals surface area contributed by atoms with Crippen molar-refractivity contribution in [3.05, 3.63) is 69.7 Å². The average molecular weight is 502 g/mol. The van der Waals surface area contributed by atoms with Crippen LogP contribution < -0.4 is 5.32 Å². The van der Waals surface area contributed by atoms with Gasteiger partial charge in [0.15, 0.2) is 0 Å². The van der Waals surface area contributed by atoms with E-state index in [1.807, 2.05) is 18.2 Å². The van der Waals surface area contributed by atoms with Gasteiger partial charge < -0.3 is 5.32 Å². The lowest BCUT2D eigenvalue weighted by Crippen LogP contribution is -2.43. The SMILES string of the molecule is O=C(NCCSCc1ccccc1)C1CCN(S(=O)(=O)Cc2ccc(Cl)cc2Cl)CC1. The van der Waals surface area contributed by atoms with Crippen LogP contribution in [-0.2, 0) is 26.3 Å². The molecule has 1 fully saturated rings. The quantitative estimate of drug-likeness (QED) is 0.511. The summed E-state index contributed by atoms with van der Waals surface area (Å²) in [7, 11) is -3.50. The number of sulfonamides is 1. The predicted octanol–water partition coefficient (Wildman–Crippen LogP) is 4.58. The van der Waals surface area contributed by atoms with Crippen LogP contribution in [0.15, 0.2) is 48.5 Å². The molecule has 1 saturated heterocycles. The van der Waals surface area contributed by atoms with Crippen LogP contribution in [0.3, 0.4) is 0 Å². The molecule has 0 aliphatic carbocycles. The minimum atomic E-state index is -3.50. The Kier molecular flexibility index (Phi) is 9.10. The number of benzene rings is 2. The van der Waals surface area contributed by atoms with Gasteiger partial charge in [0.05, 0.1) is 5.75 Å². The van der Waals surface area contributed by atoms with E-state index < -0.39 is 10.0 Å². The Labute approximate surface area is 198 Å². The summed E-state index contributed by atoms with van der Waals surface area (Å²) in [4.78, 5) is 12.4. The van der Waals surface area contributed by atoms with Crippen molar-refractivity contribution < 1.29 is 13.2 Å². The molecular formula is C22H26Cl2N2O3S2. The number of carbonyl (C=O) groups is 1. The second-order valence-corrected chi connectivity index (χ2v) is 11.4. The summed E-state index contributed by atoms with van der Waals surface area (Å²) in [6.07, 6.45) is 1.05.